The van der Waals surface area contributed by atoms with E-state index in [1.165, 1.54) is 16.8 Å². The summed E-state index contributed by atoms with van der Waals surface area (Å²) in [5.41, 5.74) is 9.89. The molecule has 1 aliphatic heterocycles. The first kappa shape index (κ1) is 10.5. The van der Waals surface area contributed by atoms with Crippen molar-refractivity contribution in [3.05, 3.63) is 29.3 Å². The van der Waals surface area contributed by atoms with Gasteiger partial charge in [0.05, 0.1) is 0 Å². The SMILES string of the molecule is CCc1ccc2c(c1)CC(C(C)CN)N2. The standard InChI is InChI=1S/C13H20N2/c1-3-10-4-5-12-11(6-10)7-13(15-12)9(2)8-14/h4-6,9,13,15H,3,7-8,14H2,1-2H3. The number of nitrogens with one attached hydrogen (secondary N) is 1. The molecule has 2 rings (SSSR count). The Labute approximate surface area is 91.9 Å². The summed E-state index contributed by atoms with van der Waals surface area (Å²) in [6, 6.07) is 7.27. The molecular formula is C13H20N2. The van der Waals surface area contributed by atoms with Crippen molar-refractivity contribution in [1.29, 1.82) is 0 Å². The Morgan fingerprint density at radius 1 is 1.53 bits per heavy atom. The van der Waals surface area contributed by atoms with Crippen LogP contribution in [0.25, 0.3) is 0 Å². The second-order valence-electron chi connectivity index (χ2n) is 4.51. The van der Waals surface area contributed by atoms with Crippen molar-refractivity contribution in [2.45, 2.75) is 32.7 Å². The van der Waals surface area contributed by atoms with Gasteiger partial charge in [0.15, 0.2) is 0 Å². The van der Waals surface area contributed by atoms with E-state index < -0.39 is 0 Å². The molecule has 3 N–H and O–H groups in total. The largest absolute Gasteiger partial charge is 0.381 e. The number of hydrogen-bond donors (Lipinski definition) is 2. The summed E-state index contributed by atoms with van der Waals surface area (Å²) in [6.45, 7) is 5.17. The number of rotatable bonds is 3. The normalized spacial score (nSPS) is 20.9. The van der Waals surface area contributed by atoms with Crippen LogP contribution in [0.5, 0.6) is 0 Å². The van der Waals surface area contributed by atoms with Crippen molar-refractivity contribution in [2.24, 2.45) is 11.7 Å². The fraction of sp³-hybridized carbons (Fsp3) is 0.538. The Bertz CT molecular complexity index is 346. The zero-order valence-electron chi connectivity index (χ0n) is 9.59. The summed E-state index contributed by atoms with van der Waals surface area (Å²) in [4.78, 5) is 0. The van der Waals surface area contributed by atoms with Gasteiger partial charge in [-0.05, 0) is 42.5 Å². The highest BCUT2D eigenvalue weighted by atomic mass is 15.0. The van der Waals surface area contributed by atoms with Crippen molar-refractivity contribution in [3.8, 4) is 0 Å². The summed E-state index contributed by atoms with van der Waals surface area (Å²) in [5.74, 6) is 0.544. The molecule has 2 unspecified atom stereocenters. The molecule has 2 heteroatoms. The minimum absolute atomic E-state index is 0.525. The first-order valence-corrected chi connectivity index (χ1v) is 5.83. The number of anilines is 1. The number of hydrogen-bond acceptors (Lipinski definition) is 2. The molecule has 2 atom stereocenters. The van der Waals surface area contributed by atoms with Crippen molar-refractivity contribution < 1.29 is 0 Å². The summed E-state index contributed by atoms with van der Waals surface area (Å²) < 4.78 is 0. The van der Waals surface area contributed by atoms with Crippen LogP contribution in [0.3, 0.4) is 0 Å². The van der Waals surface area contributed by atoms with E-state index >= 15 is 0 Å². The van der Waals surface area contributed by atoms with Gasteiger partial charge in [-0.1, -0.05) is 26.0 Å². The van der Waals surface area contributed by atoms with Crippen LogP contribution in [0, 0.1) is 5.92 Å². The lowest BCUT2D eigenvalue weighted by atomic mass is 9.98. The zero-order valence-corrected chi connectivity index (χ0v) is 9.59. The fourth-order valence-electron chi connectivity index (χ4n) is 2.17. The van der Waals surface area contributed by atoms with E-state index in [4.69, 9.17) is 5.73 Å². The third kappa shape index (κ3) is 2.00. The third-order valence-corrected chi connectivity index (χ3v) is 3.42. The van der Waals surface area contributed by atoms with Gasteiger partial charge in [0, 0.05) is 11.7 Å². The maximum atomic E-state index is 5.70. The van der Waals surface area contributed by atoms with E-state index in [0.29, 0.717) is 12.0 Å². The molecule has 1 aliphatic rings. The number of aryl methyl sites for hydroxylation is 1. The van der Waals surface area contributed by atoms with Gasteiger partial charge in [-0.2, -0.15) is 0 Å². The molecule has 0 saturated heterocycles. The first-order chi connectivity index (χ1) is 7.24. The van der Waals surface area contributed by atoms with Crippen LogP contribution < -0.4 is 11.1 Å². The lowest BCUT2D eigenvalue weighted by Gasteiger charge is -2.17. The summed E-state index contributed by atoms with van der Waals surface area (Å²) in [6.07, 6.45) is 2.24. The fourth-order valence-corrected chi connectivity index (χ4v) is 2.17. The molecule has 0 saturated carbocycles. The molecule has 15 heavy (non-hydrogen) atoms. The molecule has 2 nitrogen and oxygen atoms in total. The van der Waals surface area contributed by atoms with Crippen molar-refractivity contribution in [3.63, 3.8) is 0 Å². The molecule has 0 radical (unpaired) electrons. The van der Waals surface area contributed by atoms with Gasteiger partial charge < -0.3 is 11.1 Å². The molecule has 82 valence electrons. The smallest absolute Gasteiger partial charge is 0.0376 e. The number of nitrogens with two attached hydrogens (primary N) is 1. The lowest BCUT2D eigenvalue weighted by molar-refractivity contribution is 0.503. The number of benzene rings is 1. The molecule has 0 aromatic heterocycles. The monoisotopic (exact) mass is 204 g/mol. The molecule has 0 amide bonds. The van der Waals surface area contributed by atoms with Crippen molar-refractivity contribution >= 4 is 5.69 Å². The minimum atomic E-state index is 0.525. The molecule has 0 spiro atoms. The van der Waals surface area contributed by atoms with Crippen LogP contribution in [0.15, 0.2) is 18.2 Å². The average molecular weight is 204 g/mol. The van der Waals surface area contributed by atoms with E-state index in [1.54, 1.807) is 0 Å². The van der Waals surface area contributed by atoms with Gasteiger partial charge in [-0.3, -0.25) is 0 Å². The summed E-state index contributed by atoms with van der Waals surface area (Å²) in [7, 11) is 0. The molecule has 0 bridgehead atoms. The van der Waals surface area contributed by atoms with Crippen LogP contribution in [0.1, 0.15) is 25.0 Å². The molecular weight excluding hydrogens is 184 g/mol. The Kier molecular flexibility index (Phi) is 2.96. The summed E-state index contributed by atoms with van der Waals surface area (Å²) in [5, 5.41) is 3.56. The van der Waals surface area contributed by atoms with E-state index in [9.17, 15) is 0 Å². The van der Waals surface area contributed by atoms with Crippen molar-refractivity contribution in [2.75, 3.05) is 11.9 Å². The van der Waals surface area contributed by atoms with Crippen LogP contribution >= 0.6 is 0 Å². The quantitative estimate of drug-likeness (QED) is 0.792. The molecule has 0 fully saturated rings. The minimum Gasteiger partial charge on any atom is -0.381 e. The van der Waals surface area contributed by atoms with Gasteiger partial charge in [0.2, 0.25) is 0 Å². The molecule has 1 aromatic rings. The lowest BCUT2D eigenvalue weighted by Crippen LogP contribution is -2.30. The van der Waals surface area contributed by atoms with Gasteiger partial charge in [0.1, 0.15) is 0 Å². The van der Waals surface area contributed by atoms with Gasteiger partial charge in [0.25, 0.3) is 0 Å². The highest BCUT2D eigenvalue weighted by Gasteiger charge is 2.24. The highest BCUT2D eigenvalue weighted by molar-refractivity contribution is 5.58. The van der Waals surface area contributed by atoms with E-state index in [2.05, 4.69) is 37.4 Å². The predicted molar refractivity (Wildman–Crippen MR) is 65.2 cm³/mol. The van der Waals surface area contributed by atoms with Crippen LogP contribution in [0.4, 0.5) is 5.69 Å². The maximum Gasteiger partial charge on any atom is 0.0376 e. The number of fused-ring (bicyclic) bond motifs is 1. The second-order valence-corrected chi connectivity index (χ2v) is 4.51. The second kappa shape index (κ2) is 4.23. The molecule has 1 heterocycles. The maximum absolute atomic E-state index is 5.70. The van der Waals surface area contributed by atoms with Gasteiger partial charge in [-0.15, -0.1) is 0 Å². The Balaban J connectivity index is 2.16. The van der Waals surface area contributed by atoms with Gasteiger partial charge in [-0.25, -0.2) is 0 Å². The average Bonchev–Trinajstić information content (AvgIpc) is 2.70. The topological polar surface area (TPSA) is 38.0 Å². The first-order valence-electron chi connectivity index (χ1n) is 5.83. The van der Waals surface area contributed by atoms with Gasteiger partial charge >= 0.3 is 0 Å². The van der Waals surface area contributed by atoms with Crippen LogP contribution in [0.2, 0.25) is 0 Å². The Morgan fingerprint density at radius 3 is 3.00 bits per heavy atom. The van der Waals surface area contributed by atoms with E-state index in [0.717, 1.165) is 19.4 Å². The van der Waals surface area contributed by atoms with Crippen molar-refractivity contribution in [1.82, 2.24) is 0 Å². The van der Waals surface area contributed by atoms with E-state index in [1.807, 2.05) is 0 Å². The van der Waals surface area contributed by atoms with Crippen LogP contribution in [-0.2, 0) is 12.8 Å². The Hall–Kier alpha value is -1.02. The molecule has 1 aromatic carbocycles. The summed E-state index contributed by atoms with van der Waals surface area (Å²) >= 11 is 0. The van der Waals surface area contributed by atoms with Crippen LogP contribution in [-0.4, -0.2) is 12.6 Å². The molecule has 0 aliphatic carbocycles. The Morgan fingerprint density at radius 2 is 2.33 bits per heavy atom. The zero-order chi connectivity index (χ0) is 10.8. The highest BCUT2D eigenvalue weighted by Crippen LogP contribution is 2.29. The third-order valence-electron chi connectivity index (χ3n) is 3.42. The van der Waals surface area contributed by atoms with E-state index in [-0.39, 0.29) is 0 Å². The predicted octanol–water partition coefficient (Wildman–Crippen LogP) is 2.18.